The topological polar surface area (TPSA) is 145 Å². The van der Waals surface area contributed by atoms with Crippen molar-refractivity contribution in [2.45, 2.75) is 72.1 Å². The number of nitro groups is 1. The quantitative estimate of drug-likeness (QED) is 0.113. The van der Waals surface area contributed by atoms with E-state index in [2.05, 4.69) is 10.3 Å². The first-order valence-electron chi connectivity index (χ1n) is 16.0. The van der Waals surface area contributed by atoms with Crippen molar-refractivity contribution in [3.05, 3.63) is 70.0 Å². The Labute approximate surface area is 280 Å². The highest BCUT2D eigenvalue weighted by molar-refractivity contribution is 6.03. The molecule has 2 aromatic heterocycles. The first-order valence-corrected chi connectivity index (χ1v) is 16.0. The fourth-order valence-electron chi connectivity index (χ4n) is 5.99. The Kier molecular flexibility index (Phi) is 9.60. The summed E-state index contributed by atoms with van der Waals surface area (Å²) in [6.45, 7) is 11.8. The number of hydrogen-bond acceptors (Lipinski definition) is 10. The van der Waals surface area contributed by atoms with Crippen LogP contribution in [0.15, 0.2) is 48.8 Å². The number of nitro benzene ring substituents is 1. The number of esters is 1. The van der Waals surface area contributed by atoms with Gasteiger partial charge in [-0.05, 0) is 72.1 Å². The molecule has 3 heterocycles. The summed E-state index contributed by atoms with van der Waals surface area (Å²) in [5, 5.41) is 16.4. The second-order valence-corrected chi connectivity index (χ2v) is 13.5. The van der Waals surface area contributed by atoms with Gasteiger partial charge in [0.2, 0.25) is 5.95 Å². The normalized spacial score (nSPS) is 14.8. The second kappa shape index (κ2) is 13.5. The van der Waals surface area contributed by atoms with Crippen LogP contribution in [-0.2, 0) is 16.5 Å². The van der Waals surface area contributed by atoms with Crippen LogP contribution in [0, 0.1) is 17.0 Å². The van der Waals surface area contributed by atoms with Gasteiger partial charge in [-0.1, -0.05) is 18.2 Å². The summed E-state index contributed by atoms with van der Waals surface area (Å²) in [6.07, 6.45) is 4.20. The van der Waals surface area contributed by atoms with Crippen molar-refractivity contribution in [1.29, 1.82) is 0 Å². The molecule has 4 aromatic rings. The van der Waals surface area contributed by atoms with Gasteiger partial charge < -0.3 is 29.2 Å². The Bertz CT molecular complexity index is 1860. The highest BCUT2D eigenvalue weighted by Crippen LogP contribution is 2.37. The van der Waals surface area contributed by atoms with Crippen molar-refractivity contribution < 1.29 is 24.0 Å². The van der Waals surface area contributed by atoms with Crippen molar-refractivity contribution in [3.8, 4) is 11.3 Å². The molecule has 1 amide bonds. The molecular weight excluding hydrogens is 614 g/mol. The van der Waals surface area contributed by atoms with E-state index in [9.17, 15) is 19.7 Å². The monoisotopic (exact) mass is 657 g/mol. The summed E-state index contributed by atoms with van der Waals surface area (Å²) in [7, 11) is 3.70. The third-order valence-electron chi connectivity index (χ3n) is 8.17. The molecule has 13 nitrogen and oxygen atoms in total. The number of anilines is 3. The van der Waals surface area contributed by atoms with Crippen LogP contribution in [0.1, 0.15) is 63.4 Å². The van der Waals surface area contributed by atoms with Gasteiger partial charge in [-0.2, -0.15) is 0 Å². The summed E-state index contributed by atoms with van der Waals surface area (Å²) in [5.74, 6) is -0.386. The molecule has 1 fully saturated rings. The largest absolute Gasteiger partial charge is 0.459 e. The van der Waals surface area contributed by atoms with Gasteiger partial charge in [-0.15, -0.1) is 0 Å². The molecule has 254 valence electrons. The summed E-state index contributed by atoms with van der Waals surface area (Å²) in [5.41, 5.74) is 3.12. The number of benzene rings is 2. The zero-order chi connectivity index (χ0) is 34.9. The molecule has 5 rings (SSSR count). The van der Waals surface area contributed by atoms with Crippen LogP contribution >= 0.6 is 0 Å². The summed E-state index contributed by atoms with van der Waals surface area (Å²) < 4.78 is 13.1. The molecule has 0 spiro atoms. The number of carbonyl (C=O) groups is 2. The maximum absolute atomic E-state index is 13.1. The lowest BCUT2D eigenvalue weighted by Crippen LogP contribution is -2.44. The van der Waals surface area contributed by atoms with E-state index >= 15 is 0 Å². The second-order valence-electron chi connectivity index (χ2n) is 13.5. The number of hydrogen-bond donors (Lipinski definition) is 1. The van der Waals surface area contributed by atoms with E-state index < -0.39 is 16.5 Å². The van der Waals surface area contributed by atoms with E-state index in [1.807, 2.05) is 74.7 Å². The minimum atomic E-state index is -0.619. The zero-order valence-electron chi connectivity index (χ0n) is 28.7. The molecule has 0 saturated carbocycles. The van der Waals surface area contributed by atoms with Crippen LogP contribution in [0.5, 0.6) is 0 Å². The first-order chi connectivity index (χ1) is 22.6. The number of carbonyl (C=O) groups excluding carboxylic acids is 2. The molecule has 2 aromatic carbocycles. The Hall–Kier alpha value is -5.20. The van der Waals surface area contributed by atoms with Crippen molar-refractivity contribution in [2.75, 3.05) is 30.4 Å². The van der Waals surface area contributed by atoms with Crippen LogP contribution in [0.25, 0.3) is 22.2 Å². The van der Waals surface area contributed by atoms with Gasteiger partial charge in [0, 0.05) is 62.1 Å². The highest BCUT2D eigenvalue weighted by atomic mass is 16.6. The van der Waals surface area contributed by atoms with Crippen LogP contribution in [0.2, 0.25) is 0 Å². The maximum atomic E-state index is 13.1. The van der Waals surface area contributed by atoms with E-state index in [1.165, 1.54) is 12.3 Å². The average Bonchev–Trinajstić information content (AvgIpc) is 3.61. The number of aromatic nitrogens is 3. The van der Waals surface area contributed by atoms with Crippen molar-refractivity contribution in [3.63, 3.8) is 0 Å². The highest BCUT2D eigenvalue weighted by Gasteiger charge is 2.34. The standard InChI is InChI=1S/C35H43N7O6/c1-21(2)47-32(43)25-18-36-33(38-31(25)26-20-40(8)28-14-10-9-13-24(26)28)37-27-17-30(42(45)46)29(16-22(27)3)39(7)19-23-12-11-15-41(23)34(44)48-35(4,5)6/h9-10,13-14,16-18,20-21,23H,11-12,15,19H2,1-8H3,(H,36,37,38)/t23-/m1/s1. The number of rotatable bonds is 9. The van der Waals surface area contributed by atoms with Crippen molar-refractivity contribution in [1.82, 2.24) is 19.4 Å². The van der Waals surface area contributed by atoms with Gasteiger partial charge in [0.05, 0.1) is 28.5 Å². The predicted molar refractivity (Wildman–Crippen MR) is 185 cm³/mol. The van der Waals surface area contributed by atoms with Crippen LogP contribution in [0.3, 0.4) is 0 Å². The first kappa shape index (κ1) is 34.1. The molecule has 0 radical (unpaired) electrons. The molecule has 0 unspecified atom stereocenters. The predicted octanol–water partition coefficient (Wildman–Crippen LogP) is 7.00. The van der Waals surface area contributed by atoms with Crippen molar-refractivity contribution in [2.24, 2.45) is 7.05 Å². The third kappa shape index (κ3) is 7.35. The van der Waals surface area contributed by atoms with Crippen LogP contribution in [-0.4, -0.2) is 74.3 Å². The molecule has 0 bridgehead atoms. The van der Waals surface area contributed by atoms with Crippen molar-refractivity contribution >= 4 is 46.0 Å². The number of aryl methyl sites for hydroxylation is 2. The lowest BCUT2D eigenvalue weighted by atomic mass is 10.1. The van der Waals surface area contributed by atoms with Gasteiger partial charge >= 0.3 is 12.1 Å². The van der Waals surface area contributed by atoms with E-state index in [0.29, 0.717) is 30.2 Å². The lowest BCUT2D eigenvalue weighted by Gasteiger charge is -2.31. The van der Waals surface area contributed by atoms with Crippen LogP contribution < -0.4 is 10.2 Å². The fourth-order valence-corrected chi connectivity index (χ4v) is 5.99. The molecular formula is C35H43N7O6. The third-order valence-corrected chi connectivity index (χ3v) is 8.17. The zero-order valence-corrected chi connectivity index (χ0v) is 28.7. The smallest absolute Gasteiger partial charge is 0.410 e. The SMILES string of the molecule is Cc1cc(N(C)C[C@H]2CCCN2C(=O)OC(C)(C)C)c([N+](=O)[O-])cc1Nc1ncc(C(=O)OC(C)C)c(-c2cn(C)c3ccccc23)n1. The van der Waals surface area contributed by atoms with Gasteiger partial charge in [-0.25, -0.2) is 19.6 Å². The maximum Gasteiger partial charge on any atom is 0.410 e. The van der Waals surface area contributed by atoms with E-state index in [4.69, 9.17) is 14.5 Å². The van der Waals surface area contributed by atoms with Gasteiger partial charge in [0.25, 0.3) is 5.69 Å². The number of likely N-dealkylation sites (N-methyl/N-ethyl adjacent to an activating group) is 1. The number of amides is 1. The summed E-state index contributed by atoms with van der Waals surface area (Å²) >= 11 is 0. The number of para-hydroxylation sites is 1. The molecule has 1 aliphatic heterocycles. The van der Waals surface area contributed by atoms with Crippen LogP contribution in [0.4, 0.5) is 27.8 Å². The van der Waals surface area contributed by atoms with E-state index in [0.717, 1.165) is 34.9 Å². The molecule has 1 saturated heterocycles. The minimum absolute atomic E-state index is 0.112. The summed E-state index contributed by atoms with van der Waals surface area (Å²) in [6, 6.07) is 10.9. The Morgan fingerprint density at radius 1 is 1.21 bits per heavy atom. The number of likely N-dealkylation sites (tertiary alicyclic amines) is 1. The fraction of sp³-hybridized carbons (Fsp3) is 0.429. The molecule has 48 heavy (non-hydrogen) atoms. The van der Waals surface area contributed by atoms with Gasteiger partial charge in [-0.3, -0.25) is 10.1 Å². The Morgan fingerprint density at radius 2 is 1.94 bits per heavy atom. The number of nitrogens with zero attached hydrogens (tertiary/aromatic N) is 6. The van der Waals surface area contributed by atoms with E-state index in [1.54, 1.807) is 31.9 Å². The minimum Gasteiger partial charge on any atom is -0.459 e. The van der Waals surface area contributed by atoms with Gasteiger partial charge in [0.15, 0.2) is 0 Å². The molecule has 1 N–H and O–H groups in total. The van der Waals surface area contributed by atoms with E-state index in [-0.39, 0.29) is 35.4 Å². The number of fused-ring (bicyclic) bond motifs is 1. The molecule has 1 atom stereocenters. The molecule has 1 aliphatic rings. The average molecular weight is 658 g/mol. The van der Waals surface area contributed by atoms with Gasteiger partial charge in [0.1, 0.15) is 16.9 Å². The summed E-state index contributed by atoms with van der Waals surface area (Å²) in [4.78, 5) is 50.6. The number of nitrogens with one attached hydrogen (secondary N) is 1. The lowest BCUT2D eigenvalue weighted by molar-refractivity contribution is -0.384. The molecule has 13 heteroatoms. The number of ether oxygens (including phenoxy) is 2. The Balaban J connectivity index is 1.47. The Morgan fingerprint density at radius 3 is 2.62 bits per heavy atom. The molecule has 0 aliphatic carbocycles.